The summed E-state index contributed by atoms with van der Waals surface area (Å²) in [7, 11) is -6.94. The second kappa shape index (κ2) is 11.8. The summed E-state index contributed by atoms with van der Waals surface area (Å²) in [4.78, 5) is 32.4. The van der Waals surface area contributed by atoms with E-state index in [1.807, 2.05) is 12.1 Å². The van der Waals surface area contributed by atoms with Crippen LogP contribution < -0.4 is 10.0 Å². The summed E-state index contributed by atoms with van der Waals surface area (Å²) in [6, 6.07) is 10.1. The summed E-state index contributed by atoms with van der Waals surface area (Å²) in [6.45, 7) is 5.33. The highest BCUT2D eigenvalue weighted by molar-refractivity contribution is 7.91. The number of nitrogens with one attached hydrogen (secondary N) is 2. The van der Waals surface area contributed by atoms with Crippen molar-refractivity contribution in [3.8, 4) is 10.4 Å². The molecular formula is C30H37N3O6S3. The molecule has 9 nitrogen and oxygen atoms in total. The molecule has 0 unspecified atom stereocenters. The highest BCUT2D eigenvalue weighted by atomic mass is 32.2. The van der Waals surface area contributed by atoms with Gasteiger partial charge in [-0.25, -0.2) is 26.5 Å². The molecule has 2 heterocycles. The zero-order valence-corrected chi connectivity index (χ0v) is 26.6. The second-order valence-electron chi connectivity index (χ2n) is 12.3. The molecule has 0 bridgehead atoms. The Morgan fingerprint density at radius 2 is 1.57 bits per heavy atom. The van der Waals surface area contributed by atoms with E-state index in [-0.39, 0.29) is 44.8 Å². The normalized spacial score (nSPS) is 18.6. The SMILES string of the molecule is CC(C)(C)NS(=O)(=O)c1ccc(-c2sc(C(=O)NC3CCS(=O)(=O)CC3)nc2C(=O)C2CCCCC2)c2ccccc12. The topological polar surface area (TPSA) is 139 Å². The number of thiazole rings is 1. The predicted molar refractivity (Wildman–Crippen MR) is 165 cm³/mol. The van der Waals surface area contributed by atoms with Crippen LogP contribution >= 0.6 is 11.3 Å². The van der Waals surface area contributed by atoms with Crippen molar-refractivity contribution >= 4 is 53.7 Å². The van der Waals surface area contributed by atoms with Crippen molar-refractivity contribution in [3.63, 3.8) is 0 Å². The number of hydrogen-bond acceptors (Lipinski definition) is 8. The molecule has 1 amide bonds. The first kappa shape index (κ1) is 30.8. The third-order valence-electron chi connectivity index (χ3n) is 7.78. The number of carbonyl (C=O) groups is 2. The van der Waals surface area contributed by atoms with Crippen LogP contribution in [0.5, 0.6) is 0 Å². The summed E-state index contributed by atoms with van der Waals surface area (Å²) in [5.41, 5.74) is 0.192. The molecule has 1 aliphatic heterocycles. The number of ketones is 1. The van der Waals surface area contributed by atoms with Gasteiger partial charge in [-0.2, -0.15) is 0 Å². The second-order valence-corrected chi connectivity index (χ2v) is 17.3. The zero-order chi connectivity index (χ0) is 30.3. The first-order chi connectivity index (χ1) is 19.7. The number of benzene rings is 2. The maximum Gasteiger partial charge on any atom is 0.280 e. The fourth-order valence-corrected chi connectivity index (χ4v) is 9.90. The number of nitrogens with zero attached hydrogens (tertiary/aromatic N) is 1. The Morgan fingerprint density at radius 3 is 2.21 bits per heavy atom. The molecule has 3 aromatic rings. The quantitative estimate of drug-likeness (QED) is 0.346. The maximum absolute atomic E-state index is 13.9. The van der Waals surface area contributed by atoms with Gasteiger partial charge in [0.2, 0.25) is 10.0 Å². The predicted octanol–water partition coefficient (Wildman–Crippen LogP) is 5.11. The molecule has 2 fully saturated rings. The Labute approximate surface area is 251 Å². The van der Waals surface area contributed by atoms with E-state index in [0.717, 1.165) is 43.4 Å². The van der Waals surface area contributed by atoms with E-state index in [1.54, 1.807) is 45.0 Å². The summed E-state index contributed by atoms with van der Waals surface area (Å²) in [6.07, 6.45) is 5.22. The molecule has 0 radical (unpaired) electrons. The third-order valence-corrected chi connectivity index (χ3v) is 12.4. The Hall–Kier alpha value is -2.67. The van der Waals surface area contributed by atoms with Crippen LogP contribution in [0.15, 0.2) is 41.3 Å². The van der Waals surface area contributed by atoms with E-state index < -0.39 is 31.3 Å². The van der Waals surface area contributed by atoms with Gasteiger partial charge in [0.05, 0.1) is 21.3 Å². The van der Waals surface area contributed by atoms with Gasteiger partial charge in [0.15, 0.2) is 10.8 Å². The maximum atomic E-state index is 13.9. The van der Waals surface area contributed by atoms with Gasteiger partial charge in [-0.05, 0) is 57.9 Å². The van der Waals surface area contributed by atoms with Gasteiger partial charge < -0.3 is 5.32 Å². The number of amides is 1. The van der Waals surface area contributed by atoms with E-state index >= 15 is 0 Å². The molecule has 1 aliphatic carbocycles. The van der Waals surface area contributed by atoms with Crippen LogP contribution in [-0.2, 0) is 19.9 Å². The molecule has 2 aromatic carbocycles. The number of sulfonamides is 1. The van der Waals surface area contributed by atoms with Crippen LogP contribution in [-0.4, -0.2) is 56.6 Å². The van der Waals surface area contributed by atoms with Crippen LogP contribution in [0.3, 0.4) is 0 Å². The Morgan fingerprint density at radius 1 is 0.929 bits per heavy atom. The summed E-state index contributed by atoms with van der Waals surface area (Å²) in [5, 5.41) is 4.19. The largest absolute Gasteiger partial charge is 0.347 e. The highest BCUT2D eigenvalue weighted by Crippen LogP contribution is 2.40. The van der Waals surface area contributed by atoms with Crippen molar-refractivity contribution < 1.29 is 26.4 Å². The molecule has 1 saturated heterocycles. The molecule has 2 aliphatic rings. The van der Waals surface area contributed by atoms with E-state index in [9.17, 15) is 26.4 Å². The van der Waals surface area contributed by atoms with Crippen molar-refractivity contribution in [1.82, 2.24) is 15.0 Å². The molecule has 5 rings (SSSR count). The van der Waals surface area contributed by atoms with E-state index in [4.69, 9.17) is 0 Å². The molecule has 2 N–H and O–H groups in total. The molecule has 1 aromatic heterocycles. The minimum atomic E-state index is -3.86. The number of aromatic nitrogens is 1. The third kappa shape index (κ3) is 6.77. The van der Waals surface area contributed by atoms with Crippen LogP contribution in [0.4, 0.5) is 0 Å². The Bertz CT molecular complexity index is 1720. The van der Waals surface area contributed by atoms with E-state index in [0.29, 0.717) is 34.1 Å². The van der Waals surface area contributed by atoms with Crippen molar-refractivity contribution in [2.24, 2.45) is 5.92 Å². The Kier molecular flexibility index (Phi) is 8.63. The fraction of sp³-hybridized carbons (Fsp3) is 0.500. The fourth-order valence-electron chi connectivity index (χ4n) is 5.77. The number of Topliss-reactive ketones (excluding diaryl/α,β-unsaturated/α-hetero) is 1. The lowest BCUT2D eigenvalue weighted by atomic mass is 9.84. The van der Waals surface area contributed by atoms with Crippen LogP contribution in [0.25, 0.3) is 21.2 Å². The van der Waals surface area contributed by atoms with Crippen molar-refractivity contribution in [3.05, 3.63) is 47.1 Å². The molecule has 0 spiro atoms. The van der Waals surface area contributed by atoms with Crippen LogP contribution in [0.2, 0.25) is 0 Å². The Balaban J connectivity index is 1.58. The standard InChI is InChI=1S/C30H37N3O6S3/c1-30(2,3)33-42(38,39)24-14-13-23(21-11-7-8-12-22(21)24)27-25(26(34)19-9-5-4-6-10-19)32-29(40-27)28(35)31-20-15-17-41(36,37)18-16-20/h7-8,11-14,19-20,33H,4-6,9-10,15-18H2,1-3H3,(H,31,35). The van der Waals surface area contributed by atoms with Crippen molar-refractivity contribution in [2.45, 2.75) is 82.2 Å². The van der Waals surface area contributed by atoms with Gasteiger partial charge in [0.25, 0.3) is 5.91 Å². The minimum absolute atomic E-state index is 0.0256. The van der Waals surface area contributed by atoms with Gasteiger partial charge in [0.1, 0.15) is 15.5 Å². The van der Waals surface area contributed by atoms with Crippen molar-refractivity contribution in [1.29, 1.82) is 0 Å². The highest BCUT2D eigenvalue weighted by Gasteiger charge is 2.32. The molecule has 42 heavy (non-hydrogen) atoms. The average Bonchev–Trinajstić information content (AvgIpc) is 3.38. The number of carbonyl (C=O) groups excluding carboxylic acids is 2. The van der Waals surface area contributed by atoms with E-state index in [1.165, 1.54) is 0 Å². The van der Waals surface area contributed by atoms with Gasteiger partial charge in [0, 0.05) is 28.4 Å². The molecule has 12 heteroatoms. The van der Waals surface area contributed by atoms with Crippen molar-refractivity contribution in [2.75, 3.05) is 11.5 Å². The minimum Gasteiger partial charge on any atom is -0.347 e. The van der Waals surface area contributed by atoms with Crippen LogP contribution in [0.1, 0.15) is 86.0 Å². The lowest BCUT2D eigenvalue weighted by molar-refractivity contribution is 0.0885. The summed E-state index contributed by atoms with van der Waals surface area (Å²) < 4.78 is 53.1. The number of hydrogen-bond donors (Lipinski definition) is 2. The average molecular weight is 632 g/mol. The monoisotopic (exact) mass is 631 g/mol. The zero-order valence-electron chi connectivity index (χ0n) is 24.1. The van der Waals surface area contributed by atoms with Crippen LogP contribution in [0, 0.1) is 5.92 Å². The van der Waals surface area contributed by atoms with Gasteiger partial charge in [-0.15, -0.1) is 11.3 Å². The lowest BCUT2D eigenvalue weighted by Gasteiger charge is -2.22. The van der Waals surface area contributed by atoms with Gasteiger partial charge >= 0.3 is 0 Å². The van der Waals surface area contributed by atoms with Gasteiger partial charge in [-0.3, -0.25) is 9.59 Å². The molecule has 1 saturated carbocycles. The first-order valence-electron chi connectivity index (χ1n) is 14.4. The molecule has 0 atom stereocenters. The molecule has 226 valence electrons. The summed E-state index contributed by atoms with van der Waals surface area (Å²) >= 11 is 1.11. The number of sulfone groups is 1. The summed E-state index contributed by atoms with van der Waals surface area (Å²) in [5.74, 6) is -0.665. The number of fused-ring (bicyclic) bond motifs is 1. The van der Waals surface area contributed by atoms with Gasteiger partial charge in [-0.1, -0.05) is 49.6 Å². The first-order valence-corrected chi connectivity index (χ1v) is 18.5. The lowest BCUT2D eigenvalue weighted by Crippen LogP contribution is -2.40. The number of rotatable bonds is 7. The van der Waals surface area contributed by atoms with E-state index in [2.05, 4.69) is 15.0 Å². The smallest absolute Gasteiger partial charge is 0.280 e. The molecular weight excluding hydrogens is 595 g/mol.